The molecule has 2 aromatic heterocycles. The third-order valence-corrected chi connectivity index (χ3v) is 8.87. The van der Waals surface area contributed by atoms with E-state index in [0.717, 1.165) is 38.5 Å². The molecule has 36 heavy (non-hydrogen) atoms. The third kappa shape index (κ3) is 3.98. The Kier molecular flexibility index (Phi) is 5.82. The second-order valence-electron chi connectivity index (χ2n) is 10.7. The van der Waals surface area contributed by atoms with Crippen LogP contribution in [0.15, 0.2) is 67.3 Å². The lowest BCUT2D eigenvalue weighted by molar-refractivity contribution is -0.0428. The molecule has 3 aromatic rings. The largest absolute Gasteiger partial charge is 0.458 e. The summed E-state index contributed by atoms with van der Waals surface area (Å²) in [5.41, 5.74) is 3.65. The quantitative estimate of drug-likeness (QED) is 0.347. The number of nitrogens with zero attached hydrogens (tertiary/aromatic N) is 2. The summed E-state index contributed by atoms with van der Waals surface area (Å²) in [6.07, 6.45) is 12.6. The number of esters is 2. The van der Waals surface area contributed by atoms with Gasteiger partial charge in [0.15, 0.2) is 0 Å². The molecule has 1 aromatic carbocycles. The smallest absolute Gasteiger partial charge is 0.345 e. The van der Waals surface area contributed by atoms with Crippen LogP contribution in [0.1, 0.15) is 76.8 Å². The van der Waals surface area contributed by atoms with Crippen molar-refractivity contribution in [3.05, 3.63) is 89.5 Å². The lowest BCUT2D eigenvalue weighted by atomic mass is 9.55. The van der Waals surface area contributed by atoms with Crippen LogP contribution in [0.25, 0.3) is 0 Å². The van der Waals surface area contributed by atoms with E-state index < -0.39 is 0 Å². The zero-order chi connectivity index (χ0) is 24.7. The minimum Gasteiger partial charge on any atom is -0.458 e. The first-order chi connectivity index (χ1) is 17.5. The summed E-state index contributed by atoms with van der Waals surface area (Å²) in [6.45, 7) is 2.33. The van der Waals surface area contributed by atoms with E-state index in [-0.39, 0.29) is 23.5 Å². The van der Waals surface area contributed by atoms with Crippen molar-refractivity contribution in [3.63, 3.8) is 0 Å². The fraction of sp³-hybridized carbons (Fsp3) is 0.400. The van der Waals surface area contributed by atoms with Crippen molar-refractivity contribution < 1.29 is 19.1 Å². The van der Waals surface area contributed by atoms with Gasteiger partial charge in [-0.1, -0.05) is 13.0 Å². The number of hydrogen-bond donors (Lipinski definition) is 0. The van der Waals surface area contributed by atoms with Crippen LogP contribution in [0.2, 0.25) is 0 Å². The topological polar surface area (TPSA) is 78.4 Å². The van der Waals surface area contributed by atoms with E-state index in [0.29, 0.717) is 34.6 Å². The van der Waals surface area contributed by atoms with Gasteiger partial charge in [0.05, 0.1) is 11.1 Å². The van der Waals surface area contributed by atoms with E-state index in [1.54, 1.807) is 42.9 Å². The fourth-order valence-electron chi connectivity index (χ4n) is 7.10. The lowest BCUT2D eigenvalue weighted by Crippen LogP contribution is -2.45. The first kappa shape index (κ1) is 22.9. The summed E-state index contributed by atoms with van der Waals surface area (Å²) < 4.78 is 11.7. The minimum absolute atomic E-state index is 0.00965. The molecule has 0 aliphatic heterocycles. The monoisotopic (exact) mass is 482 g/mol. The van der Waals surface area contributed by atoms with Gasteiger partial charge in [-0.25, -0.2) is 9.59 Å². The molecule has 2 fully saturated rings. The second-order valence-corrected chi connectivity index (χ2v) is 10.7. The molecule has 6 rings (SSSR count). The van der Waals surface area contributed by atoms with E-state index >= 15 is 0 Å². The van der Waals surface area contributed by atoms with Gasteiger partial charge in [0.25, 0.3) is 0 Å². The van der Waals surface area contributed by atoms with Crippen LogP contribution in [0.3, 0.4) is 0 Å². The summed E-state index contributed by atoms with van der Waals surface area (Å²) in [6, 6.07) is 13.1. The number of fused-ring (bicyclic) bond motifs is 5. The maximum absolute atomic E-state index is 12.8. The minimum atomic E-state index is -0.386. The Balaban J connectivity index is 1.17. The molecule has 3 aliphatic carbocycles. The summed E-state index contributed by atoms with van der Waals surface area (Å²) in [5.74, 6) is 1.57. The molecule has 6 nitrogen and oxygen atoms in total. The highest BCUT2D eigenvalue weighted by atomic mass is 16.5. The summed E-state index contributed by atoms with van der Waals surface area (Å²) in [4.78, 5) is 33.3. The van der Waals surface area contributed by atoms with Gasteiger partial charge in [-0.15, -0.1) is 0 Å². The molecule has 0 saturated heterocycles. The molecular weight excluding hydrogens is 452 g/mol. The molecule has 0 N–H and O–H groups in total. The van der Waals surface area contributed by atoms with Gasteiger partial charge in [0.1, 0.15) is 11.9 Å². The van der Waals surface area contributed by atoms with Crippen molar-refractivity contribution in [1.82, 2.24) is 9.97 Å². The van der Waals surface area contributed by atoms with Gasteiger partial charge in [0, 0.05) is 30.2 Å². The molecular formula is C30H30N2O4. The molecule has 2 saturated carbocycles. The highest BCUT2D eigenvalue weighted by Gasteiger charge is 2.56. The number of carbonyl (C=O) groups excluding carboxylic acids is 2. The molecule has 0 radical (unpaired) electrons. The Labute approximate surface area is 211 Å². The van der Waals surface area contributed by atoms with Gasteiger partial charge >= 0.3 is 11.9 Å². The van der Waals surface area contributed by atoms with E-state index in [9.17, 15) is 9.59 Å². The average Bonchev–Trinajstić information content (AvgIpc) is 3.25. The Morgan fingerprint density at radius 1 is 0.917 bits per heavy atom. The standard InChI is InChI=1S/C30H30N2O4/c1-30-13-12-24-23-9-7-22(35-28(33)20-4-2-14-31-17-20)16-19(23)6-8-25(24)26(30)10-11-27(30)36-29(34)21-5-3-15-32-18-21/h2-5,7,9,14-18,24-27H,6,8,10-13H2,1H3/t24-,25-,26+,27+,30+/m1/s1. The number of aryl methyl sites for hydroxylation is 1. The molecule has 0 spiro atoms. The maximum atomic E-state index is 12.8. The van der Waals surface area contributed by atoms with E-state index in [1.807, 2.05) is 12.1 Å². The Morgan fingerprint density at radius 2 is 1.67 bits per heavy atom. The molecule has 184 valence electrons. The van der Waals surface area contributed by atoms with Gasteiger partial charge < -0.3 is 9.47 Å². The number of benzene rings is 1. The van der Waals surface area contributed by atoms with Crippen molar-refractivity contribution in [2.45, 2.75) is 57.5 Å². The number of aromatic nitrogens is 2. The third-order valence-electron chi connectivity index (χ3n) is 8.87. The highest BCUT2D eigenvalue weighted by molar-refractivity contribution is 5.90. The van der Waals surface area contributed by atoms with Crippen LogP contribution in [0, 0.1) is 17.3 Å². The SMILES string of the molecule is C[C@]12CC[C@@H]3c4ccc(OC(=O)c5cccnc5)cc4CC[C@H]3[C@@H]1CC[C@@H]2OC(=O)c1cccnc1. The zero-order valence-electron chi connectivity index (χ0n) is 20.4. The van der Waals surface area contributed by atoms with Crippen LogP contribution in [0.4, 0.5) is 0 Å². The summed E-state index contributed by atoms with van der Waals surface area (Å²) in [5, 5.41) is 0. The molecule has 2 heterocycles. The second kappa shape index (κ2) is 9.16. The number of rotatable bonds is 4. The maximum Gasteiger partial charge on any atom is 0.345 e. The highest BCUT2D eigenvalue weighted by Crippen LogP contribution is 2.61. The Hall–Kier alpha value is -3.54. The van der Waals surface area contributed by atoms with Crippen molar-refractivity contribution in [1.29, 1.82) is 0 Å². The first-order valence-electron chi connectivity index (χ1n) is 12.9. The molecule has 5 atom stereocenters. The van der Waals surface area contributed by atoms with Crippen molar-refractivity contribution in [2.24, 2.45) is 17.3 Å². The molecule has 0 unspecified atom stereocenters. The normalized spacial score (nSPS) is 28.4. The molecule has 3 aliphatic rings. The number of hydrogen-bond acceptors (Lipinski definition) is 6. The summed E-state index contributed by atoms with van der Waals surface area (Å²) >= 11 is 0. The van der Waals surface area contributed by atoms with E-state index in [2.05, 4.69) is 23.0 Å². The first-order valence-corrected chi connectivity index (χ1v) is 12.9. The molecule has 6 heteroatoms. The Morgan fingerprint density at radius 3 is 2.39 bits per heavy atom. The summed E-state index contributed by atoms with van der Waals surface area (Å²) in [7, 11) is 0. The average molecular weight is 483 g/mol. The van der Waals surface area contributed by atoms with Crippen LogP contribution < -0.4 is 4.74 Å². The van der Waals surface area contributed by atoms with Gasteiger partial charge in [-0.2, -0.15) is 0 Å². The number of ether oxygens (including phenoxy) is 2. The Bertz CT molecular complexity index is 1280. The van der Waals surface area contributed by atoms with Crippen LogP contribution in [-0.4, -0.2) is 28.0 Å². The lowest BCUT2D eigenvalue weighted by Gasteiger charge is -2.50. The van der Waals surface area contributed by atoms with Crippen molar-refractivity contribution >= 4 is 11.9 Å². The van der Waals surface area contributed by atoms with Gasteiger partial charge in [-0.05, 0) is 104 Å². The van der Waals surface area contributed by atoms with Crippen LogP contribution in [-0.2, 0) is 11.2 Å². The van der Waals surface area contributed by atoms with E-state index in [1.165, 1.54) is 17.3 Å². The zero-order valence-corrected chi connectivity index (χ0v) is 20.4. The van der Waals surface area contributed by atoms with Crippen LogP contribution in [0.5, 0.6) is 5.75 Å². The predicted octanol–water partition coefficient (Wildman–Crippen LogP) is 5.78. The van der Waals surface area contributed by atoms with Crippen molar-refractivity contribution in [3.8, 4) is 5.75 Å². The molecule has 0 bridgehead atoms. The van der Waals surface area contributed by atoms with Gasteiger partial charge in [0.2, 0.25) is 0 Å². The predicted molar refractivity (Wildman–Crippen MR) is 134 cm³/mol. The molecule has 0 amide bonds. The van der Waals surface area contributed by atoms with E-state index in [4.69, 9.17) is 9.47 Å². The van der Waals surface area contributed by atoms with Gasteiger partial charge in [-0.3, -0.25) is 9.97 Å². The van der Waals surface area contributed by atoms with Crippen LogP contribution >= 0.6 is 0 Å². The fourth-order valence-corrected chi connectivity index (χ4v) is 7.10. The number of pyridine rings is 2. The van der Waals surface area contributed by atoms with Crippen molar-refractivity contribution in [2.75, 3.05) is 0 Å². The number of carbonyl (C=O) groups is 2.